The van der Waals surface area contributed by atoms with E-state index in [9.17, 15) is 19.7 Å². The average molecular weight is 413 g/mol. The summed E-state index contributed by atoms with van der Waals surface area (Å²) in [7, 11) is 0. The van der Waals surface area contributed by atoms with Crippen LogP contribution in [0.25, 0.3) is 10.2 Å². The van der Waals surface area contributed by atoms with Crippen LogP contribution in [-0.2, 0) is 27.3 Å². The zero-order valence-electron chi connectivity index (χ0n) is 16.0. The minimum atomic E-state index is -0.492. The highest BCUT2D eigenvalue weighted by atomic mass is 32.1. The molecule has 0 N–H and O–H groups in total. The van der Waals surface area contributed by atoms with Crippen molar-refractivity contribution < 1.29 is 19.2 Å². The number of nitrogens with zero attached hydrogens (tertiary/aromatic N) is 3. The van der Waals surface area contributed by atoms with Crippen LogP contribution >= 0.6 is 11.3 Å². The molecule has 8 nitrogen and oxygen atoms in total. The first kappa shape index (κ1) is 20.4. The van der Waals surface area contributed by atoms with Crippen molar-refractivity contribution in [1.29, 1.82) is 0 Å². The topological polar surface area (TPSA) is 104 Å². The van der Waals surface area contributed by atoms with Gasteiger partial charge in [0.25, 0.3) is 11.6 Å². The highest BCUT2D eigenvalue weighted by molar-refractivity contribution is 7.16. The lowest BCUT2D eigenvalue weighted by Gasteiger charge is -2.05. The number of nitro groups is 1. The summed E-state index contributed by atoms with van der Waals surface area (Å²) in [6.45, 7) is 3.74. The van der Waals surface area contributed by atoms with Crippen molar-refractivity contribution in [3.8, 4) is 0 Å². The van der Waals surface area contributed by atoms with Gasteiger partial charge in [-0.25, -0.2) is 0 Å². The van der Waals surface area contributed by atoms with E-state index in [0.717, 1.165) is 22.5 Å². The van der Waals surface area contributed by atoms with Crippen molar-refractivity contribution in [2.45, 2.75) is 26.8 Å². The van der Waals surface area contributed by atoms with Crippen LogP contribution in [0.3, 0.4) is 0 Å². The van der Waals surface area contributed by atoms with Gasteiger partial charge in [0.05, 0.1) is 28.2 Å². The summed E-state index contributed by atoms with van der Waals surface area (Å²) in [5.74, 6) is -0.840. The van der Waals surface area contributed by atoms with Crippen molar-refractivity contribution in [3.05, 3.63) is 68.5 Å². The third kappa shape index (κ3) is 4.94. The Kier molecular flexibility index (Phi) is 6.18. The number of benzene rings is 2. The highest BCUT2D eigenvalue weighted by Gasteiger charge is 2.15. The molecule has 0 saturated carbocycles. The Balaban J connectivity index is 2.03. The van der Waals surface area contributed by atoms with Crippen LogP contribution in [-0.4, -0.2) is 28.0 Å². The SMILES string of the molecule is CCOC(=O)Cn1c(=NC(=O)Cc2cccc(C)c2)sc2cc([N+](=O)[O-])ccc21. The first-order valence-corrected chi connectivity index (χ1v) is 9.75. The summed E-state index contributed by atoms with van der Waals surface area (Å²) >= 11 is 1.12. The van der Waals surface area contributed by atoms with E-state index in [-0.39, 0.29) is 31.2 Å². The predicted molar refractivity (Wildman–Crippen MR) is 109 cm³/mol. The molecular formula is C20H19N3O5S. The normalized spacial score (nSPS) is 11.6. The number of esters is 1. The quantitative estimate of drug-likeness (QED) is 0.351. The van der Waals surface area contributed by atoms with Crippen LogP contribution in [0.1, 0.15) is 18.1 Å². The van der Waals surface area contributed by atoms with Gasteiger partial charge in [0, 0.05) is 12.1 Å². The molecule has 0 spiro atoms. The van der Waals surface area contributed by atoms with Gasteiger partial charge < -0.3 is 9.30 Å². The smallest absolute Gasteiger partial charge is 0.326 e. The molecule has 0 atom stereocenters. The van der Waals surface area contributed by atoms with Gasteiger partial charge in [-0.05, 0) is 25.5 Å². The van der Waals surface area contributed by atoms with Crippen molar-refractivity contribution in [2.24, 2.45) is 4.99 Å². The zero-order valence-corrected chi connectivity index (χ0v) is 16.8. The van der Waals surface area contributed by atoms with Gasteiger partial charge in [0.2, 0.25) is 0 Å². The Morgan fingerprint density at radius 2 is 2.03 bits per heavy atom. The minimum Gasteiger partial charge on any atom is -0.465 e. The number of nitro benzene ring substituents is 1. The molecule has 0 saturated heterocycles. The van der Waals surface area contributed by atoms with Crippen LogP contribution < -0.4 is 4.80 Å². The molecule has 1 heterocycles. The molecule has 1 aromatic heterocycles. The van der Waals surface area contributed by atoms with Gasteiger partial charge in [0.1, 0.15) is 6.54 Å². The summed E-state index contributed by atoms with van der Waals surface area (Å²) in [5, 5.41) is 11.1. The van der Waals surface area contributed by atoms with Crippen LogP contribution in [0, 0.1) is 17.0 Å². The Labute approximate surface area is 170 Å². The maximum Gasteiger partial charge on any atom is 0.326 e. The standard InChI is InChI=1S/C20H19N3O5S/c1-3-28-19(25)12-22-16-8-7-15(23(26)27)11-17(16)29-20(22)21-18(24)10-14-6-4-5-13(2)9-14/h4-9,11H,3,10,12H2,1-2H3. The molecule has 1 amide bonds. The second-order valence-electron chi connectivity index (χ2n) is 6.36. The molecule has 29 heavy (non-hydrogen) atoms. The van der Waals surface area contributed by atoms with Crippen LogP contribution in [0.2, 0.25) is 0 Å². The van der Waals surface area contributed by atoms with Gasteiger partial charge in [-0.3, -0.25) is 19.7 Å². The number of aromatic nitrogens is 1. The fourth-order valence-corrected chi connectivity index (χ4v) is 3.97. The predicted octanol–water partition coefficient (Wildman–Crippen LogP) is 3.15. The van der Waals surface area contributed by atoms with Gasteiger partial charge in [-0.2, -0.15) is 4.99 Å². The number of thiazole rings is 1. The average Bonchev–Trinajstić information content (AvgIpc) is 2.98. The van der Waals surface area contributed by atoms with Crippen molar-refractivity contribution in [2.75, 3.05) is 6.61 Å². The van der Waals surface area contributed by atoms with Crippen LogP contribution in [0.4, 0.5) is 5.69 Å². The van der Waals surface area contributed by atoms with E-state index in [0.29, 0.717) is 15.0 Å². The molecule has 9 heteroatoms. The molecule has 0 bridgehead atoms. The van der Waals surface area contributed by atoms with Gasteiger partial charge in [-0.1, -0.05) is 41.2 Å². The number of rotatable bonds is 6. The number of fused-ring (bicyclic) bond motifs is 1. The van der Waals surface area contributed by atoms with E-state index in [4.69, 9.17) is 4.74 Å². The molecule has 2 aromatic carbocycles. The van der Waals surface area contributed by atoms with E-state index in [1.807, 2.05) is 31.2 Å². The van der Waals surface area contributed by atoms with E-state index in [1.165, 1.54) is 12.1 Å². The Morgan fingerprint density at radius 3 is 2.72 bits per heavy atom. The van der Waals surface area contributed by atoms with Crippen LogP contribution in [0.15, 0.2) is 47.5 Å². The lowest BCUT2D eigenvalue weighted by molar-refractivity contribution is -0.384. The molecule has 0 aliphatic carbocycles. The molecule has 0 fully saturated rings. The third-order valence-electron chi connectivity index (χ3n) is 4.13. The van der Waals surface area contributed by atoms with E-state index in [2.05, 4.69) is 4.99 Å². The monoisotopic (exact) mass is 413 g/mol. The lowest BCUT2D eigenvalue weighted by Crippen LogP contribution is -2.23. The Bertz CT molecular complexity index is 1160. The van der Waals surface area contributed by atoms with E-state index in [1.54, 1.807) is 17.6 Å². The Morgan fingerprint density at radius 1 is 1.24 bits per heavy atom. The number of carbonyl (C=O) groups is 2. The molecule has 3 rings (SSSR count). The minimum absolute atomic E-state index is 0.0697. The summed E-state index contributed by atoms with van der Waals surface area (Å²) in [6, 6.07) is 11.9. The maximum atomic E-state index is 12.5. The van der Waals surface area contributed by atoms with Gasteiger partial charge >= 0.3 is 5.97 Å². The second kappa shape index (κ2) is 8.78. The molecular weight excluding hydrogens is 394 g/mol. The van der Waals surface area contributed by atoms with Crippen molar-refractivity contribution >= 4 is 39.1 Å². The number of amides is 1. The number of carbonyl (C=O) groups excluding carboxylic acids is 2. The van der Waals surface area contributed by atoms with Crippen molar-refractivity contribution in [1.82, 2.24) is 4.57 Å². The second-order valence-corrected chi connectivity index (χ2v) is 7.37. The number of non-ortho nitro benzene ring substituents is 1. The molecule has 150 valence electrons. The summed E-state index contributed by atoms with van der Waals surface area (Å²) in [4.78, 5) is 39.6. The highest BCUT2D eigenvalue weighted by Crippen LogP contribution is 2.23. The number of hydrogen-bond acceptors (Lipinski definition) is 6. The molecule has 3 aromatic rings. The molecule has 0 aliphatic rings. The maximum absolute atomic E-state index is 12.5. The van der Waals surface area contributed by atoms with Crippen molar-refractivity contribution in [3.63, 3.8) is 0 Å². The van der Waals surface area contributed by atoms with E-state index < -0.39 is 10.9 Å². The number of ether oxygens (including phenoxy) is 1. The van der Waals surface area contributed by atoms with E-state index >= 15 is 0 Å². The van der Waals surface area contributed by atoms with Gasteiger partial charge in [-0.15, -0.1) is 0 Å². The largest absolute Gasteiger partial charge is 0.465 e. The molecule has 0 radical (unpaired) electrons. The summed E-state index contributed by atoms with van der Waals surface area (Å²) < 4.78 is 7.12. The number of hydrogen-bond donors (Lipinski definition) is 0. The van der Waals surface area contributed by atoms with Gasteiger partial charge in [0.15, 0.2) is 4.80 Å². The summed E-state index contributed by atoms with van der Waals surface area (Å²) in [6.07, 6.45) is 0.121. The first-order chi connectivity index (χ1) is 13.9. The zero-order chi connectivity index (χ0) is 21.0. The summed E-state index contributed by atoms with van der Waals surface area (Å²) in [5.41, 5.74) is 2.39. The Hall–Kier alpha value is -3.33. The lowest BCUT2D eigenvalue weighted by atomic mass is 10.1. The molecule has 0 aliphatic heterocycles. The third-order valence-corrected chi connectivity index (χ3v) is 5.17. The van der Waals surface area contributed by atoms with Crippen LogP contribution in [0.5, 0.6) is 0 Å². The fourth-order valence-electron chi connectivity index (χ4n) is 2.89. The number of aryl methyl sites for hydroxylation is 1. The molecule has 0 unspecified atom stereocenters. The first-order valence-electron chi connectivity index (χ1n) is 8.94. The fraction of sp³-hybridized carbons (Fsp3) is 0.250.